The van der Waals surface area contributed by atoms with Gasteiger partial charge >= 0.3 is 0 Å². The Morgan fingerprint density at radius 3 is 2.16 bits per heavy atom. The SMILES string of the molecule is CCOc1cc(Cl)cc(NC(=O)C(N=Nc2cc(OC)cc(OC)c2)C(C)=O)c1OCC. The van der Waals surface area contributed by atoms with Crippen LogP contribution in [0.4, 0.5) is 11.4 Å². The molecule has 32 heavy (non-hydrogen) atoms. The number of carbonyl (C=O) groups is 2. The number of ketones is 1. The van der Waals surface area contributed by atoms with Gasteiger partial charge in [-0.15, -0.1) is 0 Å². The van der Waals surface area contributed by atoms with Crippen LogP contribution in [0.5, 0.6) is 23.0 Å². The molecular weight excluding hydrogens is 438 g/mol. The second kappa shape index (κ2) is 11.9. The van der Waals surface area contributed by atoms with Crippen molar-refractivity contribution < 1.29 is 28.5 Å². The molecule has 1 amide bonds. The Morgan fingerprint density at radius 2 is 1.62 bits per heavy atom. The van der Waals surface area contributed by atoms with Crippen LogP contribution in [-0.2, 0) is 9.59 Å². The number of Topliss-reactive ketones (excluding diaryl/α,β-unsaturated/α-hetero) is 1. The number of nitrogens with one attached hydrogen (secondary N) is 1. The quantitative estimate of drug-likeness (QED) is 0.377. The van der Waals surface area contributed by atoms with Crippen molar-refractivity contribution >= 4 is 34.7 Å². The monoisotopic (exact) mass is 463 g/mol. The molecular formula is C22H26ClN3O6. The molecule has 2 aromatic carbocycles. The van der Waals surface area contributed by atoms with E-state index >= 15 is 0 Å². The van der Waals surface area contributed by atoms with E-state index in [0.717, 1.165) is 0 Å². The summed E-state index contributed by atoms with van der Waals surface area (Å²) >= 11 is 6.16. The number of azo groups is 1. The zero-order valence-corrected chi connectivity index (χ0v) is 19.4. The lowest BCUT2D eigenvalue weighted by Gasteiger charge is -2.17. The summed E-state index contributed by atoms with van der Waals surface area (Å²) in [7, 11) is 3.00. The average molecular weight is 464 g/mol. The molecule has 2 rings (SSSR count). The van der Waals surface area contributed by atoms with Gasteiger partial charge in [0.1, 0.15) is 11.5 Å². The summed E-state index contributed by atoms with van der Waals surface area (Å²) in [5.41, 5.74) is 0.619. The summed E-state index contributed by atoms with van der Waals surface area (Å²) in [6.07, 6.45) is 0. The van der Waals surface area contributed by atoms with E-state index < -0.39 is 17.7 Å². The summed E-state index contributed by atoms with van der Waals surface area (Å²) in [6.45, 7) is 5.57. The molecule has 1 atom stereocenters. The van der Waals surface area contributed by atoms with Crippen LogP contribution in [0.3, 0.4) is 0 Å². The van der Waals surface area contributed by atoms with Gasteiger partial charge in [0.05, 0.1) is 38.8 Å². The highest BCUT2D eigenvalue weighted by atomic mass is 35.5. The van der Waals surface area contributed by atoms with Crippen LogP contribution in [0.2, 0.25) is 5.02 Å². The number of methoxy groups -OCH3 is 2. The zero-order valence-electron chi connectivity index (χ0n) is 18.6. The van der Waals surface area contributed by atoms with E-state index in [1.165, 1.54) is 27.2 Å². The largest absolute Gasteiger partial charge is 0.497 e. The zero-order chi connectivity index (χ0) is 23.7. The predicted octanol–water partition coefficient (Wildman–Crippen LogP) is 4.83. The van der Waals surface area contributed by atoms with Crippen molar-refractivity contribution in [2.45, 2.75) is 26.8 Å². The van der Waals surface area contributed by atoms with Crippen LogP contribution >= 0.6 is 11.6 Å². The lowest BCUT2D eigenvalue weighted by Crippen LogP contribution is -2.32. The highest BCUT2D eigenvalue weighted by molar-refractivity contribution is 6.31. The molecule has 10 heteroatoms. The highest BCUT2D eigenvalue weighted by Gasteiger charge is 2.25. The molecule has 0 saturated heterocycles. The van der Waals surface area contributed by atoms with Crippen molar-refractivity contribution in [3.8, 4) is 23.0 Å². The molecule has 0 heterocycles. The number of rotatable bonds is 11. The summed E-state index contributed by atoms with van der Waals surface area (Å²) in [5.74, 6) is 0.482. The number of nitrogens with zero attached hydrogens (tertiary/aromatic N) is 2. The van der Waals surface area contributed by atoms with Crippen molar-refractivity contribution in [1.82, 2.24) is 0 Å². The molecule has 0 fully saturated rings. The van der Waals surface area contributed by atoms with Crippen LogP contribution in [0.25, 0.3) is 0 Å². The molecule has 0 bridgehead atoms. The van der Waals surface area contributed by atoms with Crippen molar-refractivity contribution in [3.63, 3.8) is 0 Å². The van der Waals surface area contributed by atoms with Crippen molar-refractivity contribution in [2.24, 2.45) is 10.2 Å². The van der Waals surface area contributed by atoms with Gasteiger partial charge in [-0.25, -0.2) is 0 Å². The fourth-order valence-electron chi connectivity index (χ4n) is 2.71. The molecule has 0 aromatic heterocycles. The van der Waals surface area contributed by atoms with Crippen LogP contribution in [0, 0.1) is 0 Å². The van der Waals surface area contributed by atoms with Gasteiger partial charge in [-0.05, 0) is 26.8 Å². The van der Waals surface area contributed by atoms with Gasteiger partial charge in [-0.3, -0.25) is 9.59 Å². The average Bonchev–Trinajstić information content (AvgIpc) is 2.75. The summed E-state index contributed by atoms with van der Waals surface area (Å²) < 4.78 is 21.6. The van der Waals surface area contributed by atoms with E-state index in [4.69, 9.17) is 30.5 Å². The molecule has 1 N–H and O–H groups in total. The Bertz CT molecular complexity index is 974. The van der Waals surface area contributed by atoms with Gasteiger partial charge in [0, 0.05) is 29.3 Å². The molecule has 2 aromatic rings. The summed E-state index contributed by atoms with van der Waals surface area (Å²) in [6, 6.07) is 6.56. The Hall–Kier alpha value is -3.33. The third kappa shape index (κ3) is 6.58. The van der Waals surface area contributed by atoms with Crippen LogP contribution in [0.1, 0.15) is 20.8 Å². The fraction of sp³-hybridized carbons (Fsp3) is 0.364. The number of hydrogen-bond acceptors (Lipinski definition) is 8. The summed E-state index contributed by atoms with van der Waals surface area (Å²) in [4.78, 5) is 25.0. The fourth-order valence-corrected chi connectivity index (χ4v) is 2.92. The van der Waals surface area contributed by atoms with Gasteiger partial charge in [-0.1, -0.05) is 11.6 Å². The second-order valence-corrected chi connectivity index (χ2v) is 6.87. The number of ether oxygens (including phenoxy) is 4. The molecule has 0 saturated carbocycles. The highest BCUT2D eigenvalue weighted by Crippen LogP contribution is 2.39. The van der Waals surface area contributed by atoms with Crippen LogP contribution in [-0.4, -0.2) is 45.2 Å². The van der Waals surface area contributed by atoms with Crippen molar-refractivity contribution in [2.75, 3.05) is 32.8 Å². The minimum absolute atomic E-state index is 0.261. The third-order valence-electron chi connectivity index (χ3n) is 4.12. The number of anilines is 1. The number of halogens is 1. The Balaban J connectivity index is 2.34. The van der Waals surface area contributed by atoms with E-state index in [1.54, 1.807) is 31.2 Å². The topological polar surface area (TPSA) is 108 Å². The van der Waals surface area contributed by atoms with Crippen molar-refractivity contribution in [1.29, 1.82) is 0 Å². The van der Waals surface area contributed by atoms with Gasteiger partial charge < -0.3 is 24.3 Å². The van der Waals surface area contributed by atoms with Crippen molar-refractivity contribution in [3.05, 3.63) is 35.4 Å². The molecule has 0 aliphatic rings. The van der Waals surface area contributed by atoms with Gasteiger partial charge in [0.25, 0.3) is 5.91 Å². The lowest BCUT2D eigenvalue weighted by atomic mass is 10.2. The first-order chi connectivity index (χ1) is 15.3. The van der Waals surface area contributed by atoms with E-state index in [1.807, 2.05) is 6.92 Å². The standard InChI is InChI=1S/C22H26ClN3O6/c1-6-31-19-9-14(23)8-18(21(19)32-7-2)24-22(28)20(13(3)27)26-25-15-10-16(29-4)12-17(11-15)30-5/h8-12,20H,6-7H2,1-5H3,(H,24,28). The molecule has 172 valence electrons. The minimum atomic E-state index is -1.39. The number of hydrogen-bond donors (Lipinski definition) is 1. The predicted molar refractivity (Wildman–Crippen MR) is 121 cm³/mol. The van der Waals surface area contributed by atoms with Gasteiger partial charge in [0.15, 0.2) is 17.3 Å². The summed E-state index contributed by atoms with van der Waals surface area (Å²) in [5, 5.41) is 11.0. The number of amides is 1. The van der Waals surface area contributed by atoms with Gasteiger partial charge in [0.2, 0.25) is 6.04 Å². The first-order valence-electron chi connectivity index (χ1n) is 9.87. The van der Waals surface area contributed by atoms with E-state index in [2.05, 4.69) is 15.5 Å². The van der Waals surface area contributed by atoms with Gasteiger partial charge in [-0.2, -0.15) is 10.2 Å². The normalized spacial score (nSPS) is 11.7. The number of carbonyl (C=O) groups excluding carboxylic acids is 2. The minimum Gasteiger partial charge on any atom is -0.497 e. The maximum absolute atomic E-state index is 12.9. The molecule has 0 spiro atoms. The second-order valence-electron chi connectivity index (χ2n) is 6.44. The Morgan fingerprint density at radius 1 is 1.00 bits per heavy atom. The Labute approximate surface area is 191 Å². The molecule has 1 unspecified atom stereocenters. The molecule has 9 nitrogen and oxygen atoms in total. The van der Waals surface area contributed by atoms with Crippen LogP contribution in [0.15, 0.2) is 40.6 Å². The lowest BCUT2D eigenvalue weighted by molar-refractivity contribution is -0.126. The Kier molecular flexibility index (Phi) is 9.27. The molecule has 0 aliphatic carbocycles. The first-order valence-corrected chi connectivity index (χ1v) is 10.2. The van der Waals surface area contributed by atoms with E-state index in [-0.39, 0.29) is 5.69 Å². The third-order valence-corrected chi connectivity index (χ3v) is 4.34. The maximum atomic E-state index is 12.9. The van der Waals surface area contributed by atoms with E-state index in [9.17, 15) is 9.59 Å². The smallest absolute Gasteiger partial charge is 0.258 e. The van der Waals surface area contributed by atoms with E-state index in [0.29, 0.717) is 46.9 Å². The van der Waals surface area contributed by atoms with Crippen LogP contribution < -0.4 is 24.3 Å². The molecule has 0 aliphatic heterocycles. The first kappa shape index (κ1) is 24.9. The molecule has 0 radical (unpaired) electrons. The number of benzene rings is 2. The maximum Gasteiger partial charge on any atom is 0.258 e.